The highest BCUT2D eigenvalue weighted by Crippen LogP contribution is 2.28. The second kappa shape index (κ2) is 3.26. The molecule has 2 rings (SSSR count). The van der Waals surface area contributed by atoms with Crippen LogP contribution < -0.4 is 10.5 Å². The average molecular weight is 194 g/mol. The average Bonchev–Trinajstić information content (AvgIpc) is 2.16. The minimum Gasteiger partial charge on any atom is -0.491 e. The number of non-ortho nitro benzene ring substituents is 1. The van der Waals surface area contributed by atoms with Gasteiger partial charge in [-0.3, -0.25) is 10.1 Å². The highest BCUT2D eigenvalue weighted by molar-refractivity contribution is 5.45. The van der Waals surface area contributed by atoms with Gasteiger partial charge in [-0.2, -0.15) is 0 Å². The van der Waals surface area contributed by atoms with E-state index in [4.69, 9.17) is 10.5 Å². The number of hydrogen-bond acceptors (Lipinski definition) is 4. The summed E-state index contributed by atoms with van der Waals surface area (Å²) in [6.07, 6.45) is 0.716. The van der Waals surface area contributed by atoms with Crippen molar-refractivity contribution in [2.45, 2.75) is 12.5 Å². The van der Waals surface area contributed by atoms with Crippen molar-refractivity contribution in [2.24, 2.45) is 5.73 Å². The standard InChI is InChI=1S/C9H10N2O3/c10-7-3-6-1-2-8(11(12)13)4-9(6)14-5-7/h1-2,4,7H,3,5,10H2. The van der Waals surface area contributed by atoms with Crippen molar-refractivity contribution in [3.05, 3.63) is 33.9 Å². The molecule has 1 unspecified atom stereocenters. The van der Waals surface area contributed by atoms with Crippen LogP contribution >= 0.6 is 0 Å². The minimum atomic E-state index is -0.432. The Kier molecular flexibility index (Phi) is 2.09. The van der Waals surface area contributed by atoms with Gasteiger partial charge in [0, 0.05) is 12.1 Å². The molecule has 0 radical (unpaired) electrons. The summed E-state index contributed by atoms with van der Waals surface area (Å²) in [6.45, 7) is 0.425. The van der Waals surface area contributed by atoms with E-state index in [0.29, 0.717) is 18.8 Å². The van der Waals surface area contributed by atoms with Gasteiger partial charge in [-0.25, -0.2) is 0 Å². The molecule has 1 atom stereocenters. The highest BCUT2D eigenvalue weighted by Gasteiger charge is 2.19. The number of hydrogen-bond donors (Lipinski definition) is 1. The number of benzene rings is 1. The lowest BCUT2D eigenvalue weighted by Gasteiger charge is -2.21. The van der Waals surface area contributed by atoms with E-state index in [-0.39, 0.29) is 11.7 Å². The Morgan fingerprint density at radius 2 is 2.36 bits per heavy atom. The maximum Gasteiger partial charge on any atom is 0.273 e. The number of ether oxygens (including phenoxy) is 1. The van der Waals surface area contributed by atoms with Gasteiger partial charge >= 0.3 is 0 Å². The SMILES string of the molecule is NC1COc2cc([N+](=O)[O-])ccc2C1. The molecule has 0 bridgehead atoms. The van der Waals surface area contributed by atoms with Gasteiger partial charge in [-0.15, -0.1) is 0 Å². The van der Waals surface area contributed by atoms with Gasteiger partial charge in [0.05, 0.1) is 11.0 Å². The van der Waals surface area contributed by atoms with Crippen molar-refractivity contribution in [1.29, 1.82) is 0 Å². The topological polar surface area (TPSA) is 78.4 Å². The summed E-state index contributed by atoms with van der Waals surface area (Å²) >= 11 is 0. The third-order valence-electron chi connectivity index (χ3n) is 2.20. The number of nitro groups is 1. The van der Waals surface area contributed by atoms with E-state index in [1.165, 1.54) is 12.1 Å². The van der Waals surface area contributed by atoms with Gasteiger partial charge in [-0.05, 0) is 18.1 Å². The molecular weight excluding hydrogens is 184 g/mol. The summed E-state index contributed by atoms with van der Waals surface area (Å²) in [5, 5.41) is 10.5. The zero-order chi connectivity index (χ0) is 10.1. The number of fused-ring (bicyclic) bond motifs is 1. The van der Waals surface area contributed by atoms with Crippen LogP contribution in [0.5, 0.6) is 5.75 Å². The van der Waals surface area contributed by atoms with E-state index >= 15 is 0 Å². The summed E-state index contributed by atoms with van der Waals surface area (Å²) in [4.78, 5) is 10.0. The molecule has 5 heteroatoms. The van der Waals surface area contributed by atoms with Crippen LogP contribution in [0.25, 0.3) is 0 Å². The van der Waals surface area contributed by atoms with E-state index in [9.17, 15) is 10.1 Å². The molecule has 14 heavy (non-hydrogen) atoms. The molecule has 0 aliphatic carbocycles. The van der Waals surface area contributed by atoms with Gasteiger partial charge in [0.2, 0.25) is 0 Å². The smallest absolute Gasteiger partial charge is 0.273 e. The summed E-state index contributed by atoms with van der Waals surface area (Å²) < 4.78 is 5.30. The zero-order valence-electron chi connectivity index (χ0n) is 7.47. The molecule has 2 N–H and O–H groups in total. The molecule has 1 heterocycles. The molecule has 74 valence electrons. The molecule has 1 aliphatic rings. The van der Waals surface area contributed by atoms with Crippen LogP contribution in [-0.4, -0.2) is 17.6 Å². The van der Waals surface area contributed by atoms with Crippen molar-refractivity contribution in [1.82, 2.24) is 0 Å². The number of nitrogens with two attached hydrogens (primary N) is 1. The Morgan fingerprint density at radius 3 is 3.07 bits per heavy atom. The molecule has 1 aliphatic heterocycles. The normalized spacial score (nSPS) is 19.6. The molecule has 5 nitrogen and oxygen atoms in total. The van der Waals surface area contributed by atoms with E-state index < -0.39 is 4.92 Å². The van der Waals surface area contributed by atoms with Crippen molar-refractivity contribution in [3.8, 4) is 5.75 Å². The first kappa shape index (κ1) is 8.96. The fourth-order valence-electron chi connectivity index (χ4n) is 1.50. The first-order chi connectivity index (χ1) is 6.66. The lowest BCUT2D eigenvalue weighted by Crippen LogP contribution is -2.33. The monoisotopic (exact) mass is 194 g/mol. The second-order valence-corrected chi connectivity index (χ2v) is 3.32. The Morgan fingerprint density at radius 1 is 1.57 bits per heavy atom. The van der Waals surface area contributed by atoms with E-state index in [1.54, 1.807) is 6.07 Å². The fourth-order valence-corrected chi connectivity index (χ4v) is 1.50. The van der Waals surface area contributed by atoms with E-state index in [0.717, 1.165) is 5.56 Å². The second-order valence-electron chi connectivity index (χ2n) is 3.32. The number of rotatable bonds is 1. The van der Waals surface area contributed by atoms with Gasteiger partial charge in [0.25, 0.3) is 5.69 Å². The van der Waals surface area contributed by atoms with Crippen LogP contribution in [0, 0.1) is 10.1 Å². The molecule has 0 saturated heterocycles. The van der Waals surface area contributed by atoms with Crippen LogP contribution in [0.15, 0.2) is 18.2 Å². The van der Waals surface area contributed by atoms with Crippen LogP contribution in [0.2, 0.25) is 0 Å². The maximum atomic E-state index is 10.5. The molecule has 0 saturated carbocycles. The van der Waals surface area contributed by atoms with E-state index in [1.807, 2.05) is 0 Å². The largest absolute Gasteiger partial charge is 0.491 e. The molecule has 0 fully saturated rings. The van der Waals surface area contributed by atoms with Crippen molar-refractivity contribution in [2.75, 3.05) is 6.61 Å². The third kappa shape index (κ3) is 1.54. The number of nitrogens with zero attached hydrogens (tertiary/aromatic N) is 1. The summed E-state index contributed by atoms with van der Waals surface area (Å²) in [5.41, 5.74) is 6.68. The third-order valence-corrected chi connectivity index (χ3v) is 2.20. The quantitative estimate of drug-likeness (QED) is 0.531. The molecule has 0 amide bonds. The molecular formula is C9H10N2O3. The van der Waals surface area contributed by atoms with Crippen LogP contribution in [0.3, 0.4) is 0 Å². The Balaban J connectivity index is 2.36. The highest BCUT2D eigenvalue weighted by atomic mass is 16.6. The predicted molar refractivity (Wildman–Crippen MR) is 50.3 cm³/mol. The summed E-state index contributed by atoms with van der Waals surface area (Å²) in [6, 6.07) is 4.61. The fraction of sp³-hybridized carbons (Fsp3) is 0.333. The first-order valence-corrected chi connectivity index (χ1v) is 4.32. The Bertz CT molecular complexity index is 378. The van der Waals surface area contributed by atoms with Crippen molar-refractivity contribution >= 4 is 5.69 Å². The summed E-state index contributed by atoms with van der Waals surface area (Å²) in [5.74, 6) is 0.584. The maximum absolute atomic E-state index is 10.5. The van der Waals surface area contributed by atoms with Crippen LogP contribution in [0.1, 0.15) is 5.56 Å². The Hall–Kier alpha value is -1.62. The van der Waals surface area contributed by atoms with E-state index in [2.05, 4.69) is 0 Å². The van der Waals surface area contributed by atoms with Gasteiger partial charge in [0.1, 0.15) is 12.4 Å². The first-order valence-electron chi connectivity index (χ1n) is 4.32. The predicted octanol–water partition coefficient (Wildman–Crippen LogP) is 0.857. The lowest BCUT2D eigenvalue weighted by atomic mass is 10.0. The number of nitro benzene ring substituents is 1. The summed E-state index contributed by atoms with van der Waals surface area (Å²) in [7, 11) is 0. The molecule has 0 spiro atoms. The molecule has 1 aromatic rings. The van der Waals surface area contributed by atoms with Crippen molar-refractivity contribution < 1.29 is 9.66 Å². The minimum absolute atomic E-state index is 0.0102. The van der Waals surface area contributed by atoms with Crippen LogP contribution in [-0.2, 0) is 6.42 Å². The van der Waals surface area contributed by atoms with Crippen LogP contribution in [0.4, 0.5) is 5.69 Å². The molecule has 0 aromatic heterocycles. The van der Waals surface area contributed by atoms with Crippen molar-refractivity contribution in [3.63, 3.8) is 0 Å². The molecule has 1 aromatic carbocycles. The lowest BCUT2D eigenvalue weighted by molar-refractivity contribution is -0.385. The van der Waals surface area contributed by atoms with Gasteiger partial charge < -0.3 is 10.5 Å². The zero-order valence-corrected chi connectivity index (χ0v) is 7.47. The van der Waals surface area contributed by atoms with Gasteiger partial charge in [0.15, 0.2) is 0 Å². The van der Waals surface area contributed by atoms with Gasteiger partial charge in [-0.1, -0.05) is 0 Å². The Labute approximate surface area is 80.6 Å².